The van der Waals surface area contributed by atoms with Crippen molar-refractivity contribution in [3.63, 3.8) is 0 Å². The van der Waals surface area contributed by atoms with E-state index in [1.807, 2.05) is 50.2 Å². The molecule has 2 aromatic rings. The molecule has 8 heteroatoms. The van der Waals surface area contributed by atoms with Gasteiger partial charge in [0.2, 0.25) is 5.91 Å². The average Bonchev–Trinajstić information content (AvgIpc) is 3.63. The first-order chi connectivity index (χ1) is 15.8. The Hall–Kier alpha value is -3.07. The highest BCUT2D eigenvalue weighted by molar-refractivity contribution is 6.03. The topological polar surface area (TPSA) is 128 Å². The fourth-order valence-corrected chi connectivity index (χ4v) is 3.67. The van der Waals surface area contributed by atoms with Crippen LogP contribution in [-0.4, -0.2) is 65.3 Å². The number of epoxide rings is 1. The predicted octanol–water partition coefficient (Wildman–Crippen LogP) is 1.31. The number of hydrogen-bond acceptors (Lipinski definition) is 6. The molecule has 1 heterocycles. The molecule has 176 valence electrons. The summed E-state index contributed by atoms with van der Waals surface area (Å²) in [6.07, 6.45) is 0.332. The number of aliphatic hydroxyl groups is 2. The van der Waals surface area contributed by atoms with E-state index in [0.717, 1.165) is 5.56 Å². The van der Waals surface area contributed by atoms with Gasteiger partial charge in [-0.15, -0.1) is 0 Å². The zero-order chi connectivity index (χ0) is 24.0. The lowest BCUT2D eigenvalue weighted by molar-refractivity contribution is -0.133. The van der Waals surface area contributed by atoms with E-state index in [4.69, 9.17) is 4.74 Å². The van der Waals surface area contributed by atoms with E-state index in [1.165, 1.54) is 0 Å². The van der Waals surface area contributed by atoms with Crippen molar-refractivity contribution in [3.8, 4) is 11.1 Å². The SMILES string of the molecule is CC(C)CC(NC(=O)[C@H](CO)NC(=O)c1ccccc1-c1ccccc1)C(=O)C1(CO)CO1. The number of ketones is 1. The molecule has 3 rings (SSSR count). The zero-order valence-electron chi connectivity index (χ0n) is 18.8. The minimum atomic E-state index is -1.28. The van der Waals surface area contributed by atoms with Gasteiger partial charge in [0.15, 0.2) is 11.4 Å². The Bertz CT molecular complexity index is 987. The van der Waals surface area contributed by atoms with E-state index >= 15 is 0 Å². The quantitative estimate of drug-likeness (QED) is 0.379. The third kappa shape index (κ3) is 5.84. The smallest absolute Gasteiger partial charge is 0.252 e. The molecule has 4 N–H and O–H groups in total. The number of ether oxygens (including phenoxy) is 1. The maximum absolute atomic E-state index is 13.0. The van der Waals surface area contributed by atoms with E-state index in [1.54, 1.807) is 18.2 Å². The van der Waals surface area contributed by atoms with Gasteiger partial charge in [-0.3, -0.25) is 14.4 Å². The van der Waals surface area contributed by atoms with Gasteiger partial charge in [-0.1, -0.05) is 62.4 Å². The van der Waals surface area contributed by atoms with Crippen LogP contribution in [0.2, 0.25) is 0 Å². The first-order valence-electron chi connectivity index (χ1n) is 11.0. The van der Waals surface area contributed by atoms with Gasteiger partial charge in [-0.25, -0.2) is 0 Å². The molecule has 2 amide bonds. The normalized spacial score (nSPS) is 18.9. The molecule has 1 fully saturated rings. The third-order valence-corrected chi connectivity index (χ3v) is 5.60. The Morgan fingerprint density at radius 1 is 0.970 bits per heavy atom. The summed E-state index contributed by atoms with van der Waals surface area (Å²) in [6.45, 7) is 2.79. The highest BCUT2D eigenvalue weighted by Gasteiger charge is 2.54. The van der Waals surface area contributed by atoms with Gasteiger partial charge in [0.1, 0.15) is 6.04 Å². The van der Waals surface area contributed by atoms with Gasteiger partial charge >= 0.3 is 0 Å². The van der Waals surface area contributed by atoms with Crippen molar-refractivity contribution in [2.75, 3.05) is 19.8 Å². The summed E-state index contributed by atoms with van der Waals surface area (Å²) in [5, 5.41) is 24.5. The Balaban J connectivity index is 1.74. The molecule has 1 aliphatic rings. The highest BCUT2D eigenvalue weighted by atomic mass is 16.6. The van der Waals surface area contributed by atoms with Crippen molar-refractivity contribution in [2.45, 2.75) is 38.0 Å². The van der Waals surface area contributed by atoms with Crippen molar-refractivity contribution in [3.05, 3.63) is 60.2 Å². The molecule has 0 aromatic heterocycles. The van der Waals surface area contributed by atoms with Crippen molar-refractivity contribution in [1.82, 2.24) is 10.6 Å². The van der Waals surface area contributed by atoms with Crippen LogP contribution in [0.4, 0.5) is 0 Å². The first kappa shape index (κ1) is 24.6. The summed E-state index contributed by atoms with van der Waals surface area (Å²) in [5.41, 5.74) is 0.612. The number of aliphatic hydroxyl groups excluding tert-OH is 2. The average molecular weight is 455 g/mol. The number of hydrogen-bond donors (Lipinski definition) is 4. The summed E-state index contributed by atoms with van der Waals surface area (Å²) in [7, 11) is 0. The van der Waals surface area contributed by atoms with Gasteiger partial charge in [-0.05, 0) is 29.5 Å². The largest absolute Gasteiger partial charge is 0.394 e. The number of carbonyl (C=O) groups is 3. The van der Waals surface area contributed by atoms with Crippen molar-refractivity contribution in [1.29, 1.82) is 0 Å². The maximum Gasteiger partial charge on any atom is 0.252 e. The molecule has 0 spiro atoms. The fourth-order valence-electron chi connectivity index (χ4n) is 3.67. The van der Waals surface area contributed by atoms with Gasteiger partial charge in [0.25, 0.3) is 5.91 Å². The Kier molecular flexibility index (Phi) is 7.97. The van der Waals surface area contributed by atoms with Gasteiger partial charge in [0, 0.05) is 5.56 Å². The highest BCUT2D eigenvalue weighted by Crippen LogP contribution is 2.30. The Labute approximate surface area is 193 Å². The molecular formula is C25H30N2O6. The second-order valence-corrected chi connectivity index (χ2v) is 8.62. The van der Waals surface area contributed by atoms with Crippen LogP contribution in [0, 0.1) is 5.92 Å². The number of nitrogens with one attached hydrogen (secondary N) is 2. The van der Waals surface area contributed by atoms with Crippen LogP contribution >= 0.6 is 0 Å². The molecule has 8 nitrogen and oxygen atoms in total. The van der Waals surface area contributed by atoms with Crippen LogP contribution in [0.15, 0.2) is 54.6 Å². The number of Topliss-reactive ketones (excluding diaryl/α,β-unsaturated/α-hetero) is 1. The lowest BCUT2D eigenvalue weighted by Gasteiger charge is -2.25. The second kappa shape index (κ2) is 10.7. The molecule has 0 aliphatic carbocycles. The number of amides is 2. The van der Waals surface area contributed by atoms with E-state index in [9.17, 15) is 24.6 Å². The molecule has 0 bridgehead atoms. The molecule has 2 unspecified atom stereocenters. The maximum atomic E-state index is 13.0. The van der Waals surface area contributed by atoms with Crippen molar-refractivity contribution >= 4 is 17.6 Å². The number of benzene rings is 2. The minimum Gasteiger partial charge on any atom is -0.394 e. The standard InChI is InChI=1S/C25H30N2O6/c1-16(2)12-20(22(30)25(14-29)15-33-25)26-24(32)21(13-28)27-23(31)19-11-7-6-10-18(19)17-8-4-3-5-9-17/h3-11,16,20-21,28-29H,12-15H2,1-2H3,(H,26,32)(H,27,31)/t20?,21-,25?/m0/s1. The summed E-state index contributed by atoms with van der Waals surface area (Å²) >= 11 is 0. The van der Waals surface area contributed by atoms with Gasteiger partial charge in [-0.2, -0.15) is 0 Å². The second-order valence-electron chi connectivity index (χ2n) is 8.62. The van der Waals surface area contributed by atoms with E-state index in [-0.39, 0.29) is 12.5 Å². The fraction of sp³-hybridized carbons (Fsp3) is 0.400. The third-order valence-electron chi connectivity index (χ3n) is 5.60. The molecule has 1 saturated heterocycles. The van der Waals surface area contributed by atoms with Crippen LogP contribution in [0.25, 0.3) is 11.1 Å². The summed E-state index contributed by atoms with van der Waals surface area (Å²) in [6, 6.07) is 14.2. The number of carbonyl (C=O) groups excluding carboxylic acids is 3. The molecule has 3 atom stereocenters. The van der Waals surface area contributed by atoms with Crippen molar-refractivity contribution < 1.29 is 29.3 Å². The van der Waals surface area contributed by atoms with Crippen LogP contribution in [0.1, 0.15) is 30.6 Å². The molecule has 0 radical (unpaired) electrons. The molecule has 2 aromatic carbocycles. The van der Waals surface area contributed by atoms with E-state index in [0.29, 0.717) is 17.5 Å². The monoisotopic (exact) mass is 454 g/mol. The predicted molar refractivity (Wildman–Crippen MR) is 122 cm³/mol. The summed E-state index contributed by atoms with van der Waals surface area (Å²) in [4.78, 5) is 38.7. The first-order valence-corrected chi connectivity index (χ1v) is 11.0. The van der Waals surface area contributed by atoms with Crippen LogP contribution in [-0.2, 0) is 14.3 Å². The Morgan fingerprint density at radius 2 is 1.61 bits per heavy atom. The Morgan fingerprint density at radius 3 is 2.18 bits per heavy atom. The van der Waals surface area contributed by atoms with Crippen molar-refractivity contribution in [2.24, 2.45) is 5.92 Å². The number of rotatable bonds is 11. The van der Waals surface area contributed by atoms with Gasteiger partial charge in [0.05, 0.1) is 25.9 Å². The minimum absolute atomic E-state index is 0.0775. The lowest BCUT2D eigenvalue weighted by atomic mass is 9.92. The van der Waals surface area contributed by atoms with E-state index < -0.39 is 48.5 Å². The molecule has 33 heavy (non-hydrogen) atoms. The van der Waals surface area contributed by atoms with E-state index in [2.05, 4.69) is 10.6 Å². The molecule has 1 aliphatic heterocycles. The summed E-state index contributed by atoms with van der Waals surface area (Å²) < 4.78 is 5.15. The summed E-state index contributed by atoms with van der Waals surface area (Å²) in [5.74, 6) is -1.54. The van der Waals surface area contributed by atoms with Crippen LogP contribution in [0.3, 0.4) is 0 Å². The molecule has 0 saturated carbocycles. The van der Waals surface area contributed by atoms with Gasteiger partial charge < -0.3 is 25.6 Å². The van der Waals surface area contributed by atoms with Crippen LogP contribution < -0.4 is 10.6 Å². The lowest BCUT2D eigenvalue weighted by Crippen LogP contribution is -2.55. The van der Waals surface area contributed by atoms with Crippen LogP contribution in [0.5, 0.6) is 0 Å². The molecular weight excluding hydrogens is 424 g/mol. The zero-order valence-corrected chi connectivity index (χ0v) is 18.8.